The minimum absolute atomic E-state index is 0.180. The molecule has 0 aliphatic carbocycles. The number of benzene rings is 1. The Bertz CT molecular complexity index is 431. The molecular formula is C17H28N2. The van der Waals surface area contributed by atoms with Gasteiger partial charge in [-0.1, -0.05) is 18.6 Å². The maximum atomic E-state index is 6.31. The van der Waals surface area contributed by atoms with Crippen molar-refractivity contribution in [3.05, 3.63) is 34.4 Å². The first-order chi connectivity index (χ1) is 9.00. The van der Waals surface area contributed by atoms with Crippen molar-refractivity contribution in [3.8, 4) is 0 Å². The van der Waals surface area contributed by atoms with Crippen LogP contribution >= 0.6 is 0 Å². The van der Waals surface area contributed by atoms with E-state index in [9.17, 15) is 0 Å². The van der Waals surface area contributed by atoms with Crippen LogP contribution in [0.4, 0.5) is 0 Å². The highest BCUT2D eigenvalue weighted by Crippen LogP contribution is 2.30. The topological polar surface area (TPSA) is 29.3 Å². The van der Waals surface area contributed by atoms with Gasteiger partial charge in [0.1, 0.15) is 0 Å². The minimum Gasteiger partial charge on any atom is -0.326 e. The second-order valence-corrected chi connectivity index (χ2v) is 6.19. The molecule has 19 heavy (non-hydrogen) atoms. The van der Waals surface area contributed by atoms with Gasteiger partial charge >= 0.3 is 0 Å². The minimum atomic E-state index is 0.180. The second-order valence-electron chi connectivity index (χ2n) is 6.19. The first kappa shape index (κ1) is 14.5. The Labute approximate surface area is 118 Å². The second kappa shape index (κ2) is 6.06. The van der Waals surface area contributed by atoms with E-state index in [-0.39, 0.29) is 6.04 Å². The molecule has 1 aromatic carbocycles. The third-order valence-electron chi connectivity index (χ3n) is 4.48. The number of nitrogens with zero attached hydrogens (tertiary/aromatic N) is 1. The van der Waals surface area contributed by atoms with E-state index in [1.165, 1.54) is 54.6 Å². The fraction of sp³-hybridized carbons (Fsp3) is 0.647. The Kier molecular flexibility index (Phi) is 4.64. The molecule has 0 amide bonds. The van der Waals surface area contributed by atoms with Gasteiger partial charge in [-0.3, -0.25) is 4.90 Å². The summed E-state index contributed by atoms with van der Waals surface area (Å²) in [7, 11) is 0. The molecule has 2 nitrogen and oxygen atoms in total. The van der Waals surface area contributed by atoms with Gasteiger partial charge in [-0.2, -0.15) is 0 Å². The lowest BCUT2D eigenvalue weighted by Crippen LogP contribution is -2.42. The molecule has 0 aromatic heterocycles. The third kappa shape index (κ3) is 3.18. The molecule has 1 aliphatic heterocycles. The van der Waals surface area contributed by atoms with E-state index in [4.69, 9.17) is 5.73 Å². The number of likely N-dealkylation sites (tertiary alicyclic amines) is 1. The molecule has 1 saturated heterocycles. The number of nitrogens with two attached hydrogens (primary N) is 1. The number of rotatable bonds is 3. The van der Waals surface area contributed by atoms with Gasteiger partial charge in [-0.05, 0) is 75.9 Å². The van der Waals surface area contributed by atoms with Gasteiger partial charge in [-0.25, -0.2) is 0 Å². The van der Waals surface area contributed by atoms with Crippen LogP contribution in [0.15, 0.2) is 12.1 Å². The highest BCUT2D eigenvalue weighted by molar-refractivity contribution is 5.39. The van der Waals surface area contributed by atoms with E-state index in [1.807, 2.05) is 0 Å². The zero-order chi connectivity index (χ0) is 14.0. The quantitative estimate of drug-likeness (QED) is 0.901. The van der Waals surface area contributed by atoms with Crippen molar-refractivity contribution in [2.24, 2.45) is 5.73 Å². The van der Waals surface area contributed by atoms with Gasteiger partial charge in [0.2, 0.25) is 0 Å². The van der Waals surface area contributed by atoms with Crippen LogP contribution in [0, 0.1) is 20.8 Å². The van der Waals surface area contributed by atoms with E-state index in [1.54, 1.807) is 0 Å². The molecule has 0 spiro atoms. The Balaban J connectivity index is 2.35. The largest absolute Gasteiger partial charge is 0.326 e. The average molecular weight is 260 g/mol. The number of hydrogen-bond donors (Lipinski definition) is 1. The molecule has 0 radical (unpaired) electrons. The summed E-state index contributed by atoms with van der Waals surface area (Å²) in [5.41, 5.74) is 11.9. The lowest BCUT2D eigenvalue weighted by Gasteiger charge is -2.38. The third-order valence-corrected chi connectivity index (χ3v) is 4.48. The molecule has 2 heteroatoms. The lowest BCUT2D eigenvalue weighted by molar-refractivity contribution is 0.146. The summed E-state index contributed by atoms with van der Waals surface area (Å²) in [6, 6.07) is 5.22. The van der Waals surface area contributed by atoms with Crippen molar-refractivity contribution in [1.82, 2.24) is 4.90 Å². The van der Waals surface area contributed by atoms with Gasteiger partial charge in [0, 0.05) is 12.1 Å². The smallest absolute Gasteiger partial charge is 0.0499 e. The van der Waals surface area contributed by atoms with Crippen LogP contribution in [0.2, 0.25) is 0 Å². The molecule has 1 heterocycles. The van der Waals surface area contributed by atoms with Crippen molar-refractivity contribution in [2.75, 3.05) is 13.1 Å². The first-order valence-electron chi connectivity index (χ1n) is 7.58. The fourth-order valence-electron chi connectivity index (χ4n) is 3.31. The van der Waals surface area contributed by atoms with E-state index < -0.39 is 0 Å². The average Bonchev–Trinajstić information content (AvgIpc) is 2.37. The van der Waals surface area contributed by atoms with Crippen LogP contribution in [0.1, 0.15) is 54.5 Å². The van der Waals surface area contributed by atoms with E-state index >= 15 is 0 Å². The van der Waals surface area contributed by atoms with Crippen LogP contribution in [0.3, 0.4) is 0 Å². The molecular weight excluding hydrogens is 232 g/mol. The fourth-order valence-corrected chi connectivity index (χ4v) is 3.31. The monoisotopic (exact) mass is 260 g/mol. The Morgan fingerprint density at radius 1 is 0.947 bits per heavy atom. The summed E-state index contributed by atoms with van der Waals surface area (Å²) in [6.07, 6.45) is 3.99. The Hall–Kier alpha value is -0.860. The van der Waals surface area contributed by atoms with Crippen molar-refractivity contribution in [2.45, 2.75) is 59.0 Å². The summed E-state index contributed by atoms with van der Waals surface area (Å²) in [4.78, 5) is 2.59. The Morgan fingerprint density at radius 3 is 2.11 bits per heavy atom. The van der Waals surface area contributed by atoms with Crippen molar-refractivity contribution in [3.63, 3.8) is 0 Å². The van der Waals surface area contributed by atoms with E-state index in [0.29, 0.717) is 6.04 Å². The predicted molar refractivity (Wildman–Crippen MR) is 82.5 cm³/mol. The van der Waals surface area contributed by atoms with Crippen LogP contribution in [-0.4, -0.2) is 24.0 Å². The van der Waals surface area contributed by atoms with Gasteiger partial charge in [0.25, 0.3) is 0 Å². The van der Waals surface area contributed by atoms with Gasteiger partial charge in [-0.15, -0.1) is 0 Å². The molecule has 1 aromatic rings. The van der Waals surface area contributed by atoms with Crippen LogP contribution in [-0.2, 0) is 0 Å². The van der Waals surface area contributed by atoms with Gasteiger partial charge in [0.15, 0.2) is 0 Å². The SMILES string of the molecule is Cc1cc(C)c(C(C(C)N)N2CCCCC2)cc1C. The molecule has 1 aliphatic rings. The summed E-state index contributed by atoms with van der Waals surface area (Å²) < 4.78 is 0. The highest BCUT2D eigenvalue weighted by atomic mass is 15.2. The van der Waals surface area contributed by atoms with Gasteiger partial charge in [0.05, 0.1) is 0 Å². The van der Waals surface area contributed by atoms with Crippen LogP contribution in [0.25, 0.3) is 0 Å². The van der Waals surface area contributed by atoms with E-state index in [0.717, 1.165) is 0 Å². The van der Waals surface area contributed by atoms with E-state index in [2.05, 4.69) is 44.7 Å². The summed E-state index contributed by atoms with van der Waals surface area (Å²) in [5, 5.41) is 0. The molecule has 0 bridgehead atoms. The molecule has 0 saturated carbocycles. The maximum absolute atomic E-state index is 6.31. The molecule has 106 valence electrons. The van der Waals surface area contributed by atoms with Crippen molar-refractivity contribution in [1.29, 1.82) is 0 Å². The summed E-state index contributed by atoms with van der Waals surface area (Å²) in [5.74, 6) is 0. The van der Waals surface area contributed by atoms with Crippen LogP contribution in [0.5, 0.6) is 0 Å². The van der Waals surface area contributed by atoms with Crippen molar-refractivity contribution >= 4 is 0 Å². The number of aryl methyl sites for hydroxylation is 3. The predicted octanol–water partition coefficient (Wildman–Crippen LogP) is 3.49. The standard InChI is InChI=1S/C17H28N2/c1-12-10-14(3)16(11-13(12)2)17(15(4)18)19-8-6-5-7-9-19/h10-11,15,17H,5-9,18H2,1-4H3. The normalized spacial score (nSPS) is 20.3. The van der Waals surface area contributed by atoms with Crippen molar-refractivity contribution < 1.29 is 0 Å². The Morgan fingerprint density at radius 2 is 1.53 bits per heavy atom. The number of hydrogen-bond acceptors (Lipinski definition) is 2. The molecule has 2 rings (SSSR count). The molecule has 1 fully saturated rings. The molecule has 2 atom stereocenters. The first-order valence-corrected chi connectivity index (χ1v) is 7.58. The highest BCUT2D eigenvalue weighted by Gasteiger charge is 2.26. The molecule has 2 N–H and O–H groups in total. The summed E-state index contributed by atoms with van der Waals surface area (Å²) in [6.45, 7) is 11.1. The zero-order valence-electron chi connectivity index (χ0n) is 12.9. The van der Waals surface area contributed by atoms with Gasteiger partial charge < -0.3 is 5.73 Å². The zero-order valence-corrected chi connectivity index (χ0v) is 12.9. The maximum Gasteiger partial charge on any atom is 0.0499 e. The number of piperidine rings is 1. The lowest BCUT2D eigenvalue weighted by atomic mass is 9.90. The van der Waals surface area contributed by atoms with Crippen LogP contribution < -0.4 is 5.73 Å². The summed E-state index contributed by atoms with van der Waals surface area (Å²) >= 11 is 0. The molecule has 2 unspecified atom stereocenters.